The smallest absolute Gasteiger partial charge is 0.347 e. The number of carbonyl (C=O) groups is 1. The zero-order valence-corrected chi connectivity index (χ0v) is 20.5. The van der Waals surface area contributed by atoms with Crippen molar-refractivity contribution in [2.24, 2.45) is 0 Å². The summed E-state index contributed by atoms with van der Waals surface area (Å²) in [5, 5.41) is 1.19. The van der Waals surface area contributed by atoms with Gasteiger partial charge in [-0.05, 0) is 35.9 Å². The molecule has 3 rings (SSSR count). The minimum atomic E-state index is -5.19. The summed E-state index contributed by atoms with van der Waals surface area (Å²) in [6, 6.07) is 2.17. The van der Waals surface area contributed by atoms with Crippen molar-refractivity contribution in [3.05, 3.63) is 73.7 Å². The molecule has 0 bridgehead atoms. The summed E-state index contributed by atoms with van der Waals surface area (Å²) in [7, 11) is -3.38. The molecule has 36 heavy (non-hydrogen) atoms. The van der Waals surface area contributed by atoms with Crippen LogP contribution in [0.3, 0.4) is 0 Å². The molecule has 2 aromatic rings. The van der Waals surface area contributed by atoms with Crippen molar-refractivity contribution in [2.45, 2.75) is 24.3 Å². The van der Waals surface area contributed by atoms with Crippen molar-refractivity contribution in [3.63, 3.8) is 0 Å². The van der Waals surface area contributed by atoms with Crippen LogP contribution in [0.1, 0.15) is 33.0 Å². The molecule has 1 saturated heterocycles. The second-order valence-corrected chi connectivity index (χ2v) is 11.2. The number of rotatable bonds is 5. The van der Waals surface area contributed by atoms with Crippen LogP contribution in [0.2, 0.25) is 15.1 Å². The number of hydrogen-bond acceptors (Lipinski definition) is 3. The number of halogens is 10. The largest absolute Gasteiger partial charge is 0.417 e. The van der Waals surface area contributed by atoms with Gasteiger partial charge in [-0.3, -0.25) is 4.79 Å². The number of alkyl halides is 6. The summed E-state index contributed by atoms with van der Waals surface area (Å²) in [5.41, 5.74) is -4.07. The van der Waals surface area contributed by atoms with Crippen molar-refractivity contribution in [2.75, 3.05) is 11.5 Å². The summed E-state index contributed by atoms with van der Waals surface area (Å²) in [5.74, 6) is -6.48. The summed E-state index contributed by atoms with van der Waals surface area (Å²) in [6.07, 6.45) is -10.2. The maximum absolute atomic E-state index is 14.9. The Morgan fingerprint density at radius 3 is 2.03 bits per heavy atom. The molecule has 0 aliphatic carbocycles. The van der Waals surface area contributed by atoms with E-state index in [9.17, 15) is 43.9 Å². The third-order valence-corrected chi connectivity index (χ3v) is 8.14. The van der Waals surface area contributed by atoms with Gasteiger partial charge in [-0.1, -0.05) is 40.9 Å². The molecule has 0 radical (unpaired) electrons. The Kier molecular flexibility index (Phi) is 7.96. The summed E-state index contributed by atoms with van der Waals surface area (Å²) < 4.78 is 119. The van der Waals surface area contributed by atoms with Gasteiger partial charge in [-0.25, -0.2) is 12.8 Å². The Hall–Kier alpha value is -2.02. The van der Waals surface area contributed by atoms with E-state index < -0.39 is 79.6 Å². The van der Waals surface area contributed by atoms with E-state index in [1.54, 1.807) is 0 Å². The van der Waals surface area contributed by atoms with E-state index >= 15 is 0 Å². The van der Waals surface area contributed by atoms with E-state index in [2.05, 4.69) is 5.32 Å². The molecule has 15 heteroatoms. The monoisotopic (exact) mass is 597 g/mol. The number of amides is 1. The predicted molar refractivity (Wildman–Crippen MR) is 121 cm³/mol. The van der Waals surface area contributed by atoms with Crippen molar-refractivity contribution >= 4 is 56.4 Å². The number of hydrogen-bond donors (Lipinski definition) is 1. The number of nitrogens with one attached hydrogen (secondary N) is 1. The van der Waals surface area contributed by atoms with Gasteiger partial charge < -0.3 is 5.32 Å². The Labute approximate surface area is 214 Å². The van der Waals surface area contributed by atoms with E-state index in [1.165, 1.54) is 0 Å². The molecular weight excluding hydrogens is 586 g/mol. The van der Waals surface area contributed by atoms with Crippen LogP contribution in [-0.2, 0) is 16.0 Å². The molecule has 1 atom stereocenters. The highest BCUT2D eigenvalue weighted by atomic mass is 35.5. The molecule has 1 amide bonds. The Bertz CT molecular complexity index is 1310. The van der Waals surface area contributed by atoms with Gasteiger partial charge in [0.25, 0.3) is 5.91 Å². The maximum Gasteiger partial charge on any atom is 0.417 e. The van der Waals surface area contributed by atoms with Gasteiger partial charge in [0.05, 0.1) is 43.7 Å². The van der Waals surface area contributed by atoms with Crippen LogP contribution in [-0.4, -0.2) is 38.0 Å². The van der Waals surface area contributed by atoms with Crippen LogP contribution in [0.4, 0.5) is 30.7 Å². The first-order valence-corrected chi connectivity index (χ1v) is 12.7. The van der Waals surface area contributed by atoms with E-state index in [0.717, 1.165) is 12.1 Å². The summed E-state index contributed by atoms with van der Waals surface area (Å²) >= 11 is 17.2. The van der Waals surface area contributed by atoms with Crippen molar-refractivity contribution in [3.8, 4) is 0 Å². The van der Waals surface area contributed by atoms with Gasteiger partial charge in [0, 0.05) is 5.56 Å². The molecule has 0 saturated carbocycles. The zero-order chi connectivity index (χ0) is 27.2. The van der Waals surface area contributed by atoms with E-state index in [-0.39, 0.29) is 27.2 Å². The lowest BCUT2D eigenvalue weighted by atomic mass is 9.95. The van der Waals surface area contributed by atoms with E-state index in [4.69, 9.17) is 34.8 Å². The highest BCUT2D eigenvalue weighted by Crippen LogP contribution is 2.42. The van der Waals surface area contributed by atoms with Crippen LogP contribution in [0, 0.1) is 0 Å². The molecule has 1 aliphatic rings. The van der Waals surface area contributed by atoms with E-state index in [1.807, 2.05) is 0 Å². The molecule has 2 aromatic carbocycles. The highest BCUT2D eigenvalue weighted by molar-refractivity contribution is 7.92. The molecule has 0 aromatic heterocycles. The summed E-state index contributed by atoms with van der Waals surface area (Å²) in [4.78, 5) is 12.3. The first kappa shape index (κ1) is 28.5. The Balaban J connectivity index is 2.00. The number of carbonyl (C=O) groups excluding carboxylic acids is 1. The standard InChI is InChI=1S/C21H13Cl3F7NO3S/c22-15-4-10(5-16(23)18(15)24)13(20(26,27)28)6-17(25)9-1-2-12(14(3-9)21(29,30)31)19(33)32-11-7-36(34,35)8-11/h1-6,11,13H,7-8H2,(H,32,33)/b17-6-. The highest BCUT2D eigenvalue weighted by Gasteiger charge is 2.41. The Morgan fingerprint density at radius 1 is 1.00 bits per heavy atom. The molecule has 0 spiro atoms. The fourth-order valence-electron chi connectivity index (χ4n) is 3.41. The zero-order valence-electron chi connectivity index (χ0n) is 17.4. The third kappa shape index (κ3) is 6.45. The van der Waals surface area contributed by atoms with Crippen LogP contribution in [0.5, 0.6) is 0 Å². The average molecular weight is 599 g/mol. The quantitative estimate of drug-likeness (QED) is 0.303. The topological polar surface area (TPSA) is 63.2 Å². The van der Waals surface area contributed by atoms with Crippen LogP contribution < -0.4 is 5.32 Å². The lowest BCUT2D eigenvalue weighted by Gasteiger charge is -2.27. The molecule has 1 aliphatic heterocycles. The average Bonchev–Trinajstić information content (AvgIpc) is 2.72. The van der Waals surface area contributed by atoms with E-state index in [0.29, 0.717) is 12.1 Å². The van der Waals surface area contributed by atoms with Gasteiger partial charge >= 0.3 is 12.4 Å². The predicted octanol–water partition coefficient (Wildman–Crippen LogP) is 6.85. The first-order chi connectivity index (χ1) is 16.4. The minimum absolute atomic E-state index is 0.0460. The second kappa shape index (κ2) is 10.0. The van der Waals surface area contributed by atoms with Crippen molar-refractivity contribution < 1.29 is 43.9 Å². The van der Waals surface area contributed by atoms with Crippen LogP contribution in [0.25, 0.3) is 5.83 Å². The van der Waals surface area contributed by atoms with Crippen LogP contribution >= 0.6 is 34.8 Å². The molecule has 4 nitrogen and oxygen atoms in total. The fourth-order valence-corrected chi connectivity index (χ4v) is 5.32. The number of benzene rings is 2. The normalized spacial score (nSPS) is 17.4. The molecule has 196 valence electrons. The SMILES string of the molecule is O=C(NC1CS(=O)(=O)C1)c1ccc(/C(F)=C/C(c2cc(Cl)c(Cl)c(Cl)c2)C(F)(F)F)cc1C(F)(F)F. The molecule has 1 unspecified atom stereocenters. The molecule has 1 fully saturated rings. The van der Waals surface area contributed by atoms with Gasteiger partial charge in [0.1, 0.15) is 11.7 Å². The number of allylic oxidation sites excluding steroid dienone is 1. The molecular formula is C21H13Cl3F7NO3S. The minimum Gasteiger partial charge on any atom is -0.347 e. The van der Waals surface area contributed by atoms with Gasteiger partial charge in [-0.2, -0.15) is 26.3 Å². The van der Waals surface area contributed by atoms with Crippen molar-refractivity contribution in [1.29, 1.82) is 0 Å². The fraction of sp³-hybridized carbons (Fsp3) is 0.286. The lowest BCUT2D eigenvalue weighted by Crippen LogP contribution is -2.53. The van der Waals surface area contributed by atoms with Gasteiger partial charge in [-0.15, -0.1) is 0 Å². The molecule has 1 N–H and O–H groups in total. The maximum atomic E-state index is 14.9. The summed E-state index contributed by atoms with van der Waals surface area (Å²) in [6.45, 7) is 0. The van der Waals surface area contributed by atoms with Gasteiger partial charge in [0.15, 0.2) is 9.84 Å². The van der Waals surface area contributed by atoms with Crippen LogP contribution in [0.15, 0.2) is 36.4 Å². The van der Waals surface area contributed by atoms with Crippen molar-refractivity contribution in [1.82, 2.24) is 5.32 Å². The lowest BCUT2D eigenvalue weighted by molar-refractivity contribution is -0.140. The van der Waals surface area contributed by atoms with Gasteiger partial charge in [0.2, 0.25) is 0 Å². The second-order valence-electron chi connectivity index (χ2n) is 7.84. The first-order valence-electron chi connectivity index (χ1n) is 9.70. The number of sulfone groups is 1. The Morgan fingerprint density at radius 2 is 1.56 bits per heavy atom. The third-order valence-electron chi connectivity index (χ3n) is 5.12. The molecule has 1 heterocycles.